The maximum absolute atomic E-state index is 6.43. The van der Waals surface area contributed by atoms with Crippen LogP contribution in [0.3, 0.4) is 0 Å². The van der Waals surface area contributed by atoms with Gasteiger partial charge in [0, 0.05) is 10.6 Å². The van der Waals surface area contributed by atoms with Crippen LogP contribution in [0.1, 0.15) is 36.1 Å². The minimum absolute atomic E-state index is 0.0196. The molecule has 0 spiro atoms. The van der Waals surface area contributed by atoms with E-state index >= 15 is 0 Å². The molecule has 0 aromatic heterocycles. The summed E-state index contributed by atoms with van der Waals surface area (Å²) in [5.41, 5.74) is 3.34. The number of hydrogen-bond donors (Lipinski definition) is 1. The maximum atomic E-state index is 6.43. The molecule has 0 radical (unpaired) electrons. The molecule has 0 fully saturated rings. The van der Waals surface area contributed by atoms with Gasteiger partial charge in [-0.2, -0.15) is 0 Å². The lowest BCUT2D eigenvalue weighted by Gasteiger charge is -2.22. The van der Waals surface area contributed by atoms with Gasteiger partial charge in [-0.1, -0.05) is 48.9 Å². The van der Waals surface area contributed by atoms with Crippen molar-refractivity contribution < 1.29 is 4.74 Å². The standard InChI is InChI=1S/C18H22ClNO/c1-4-11-21-17-8-6-5-7-15(17)18(20-3)14-10-9-13(2)12-16(14)19/h5-10,12,18,20H,4,11H2,1-3H3. The Hall–Kier alpha value is -1.51. The Bertz CT molecular complexity index is 598. The molecule has 1 N–H and O–H groups in total. The predicted octanol–water partition coefficient (Wildman–Crippen LogP) is 4.75. The number of rotatable bonds is 6. The number of hydrogen-bond acceptors (Lipinski definition) is 2. The molecule has 0 saturated heterocycles. The molecule has 2 nitrogen and oxygen atoms in total. The summed E-state index contributed by atoms with van der Waals surface area (Å²) in [6.07, 6.45) is 0.990. The zero-order chi connectivity index (χ0) is 15.2. The maximum Gasteiger partial charge on any atom is 0.124 e. The average Bonchev–Trinajstić information content (AvgIpc) is 2.49. The van der Waals surface area contributed by atoms with E-state index in [-0.39, 0.29) is 6.04 Å². The van der Waals surface area contributed by atoms with Crippen LogP contribution in [0.4, 0.5) is 0 Å². The largest absolute Gasteiger partial charge is 0.493 e. The van der Waals surface area contributed by atoms with Crippen molar-refractivity contribution in [3.63, 3.8) is 0 Å². The van der Waals surface area contributed by atoms with Crippen molar-refractivity contribution in [3.05, 3.63) is 64.2 Å². The van der Waals surface area contributed by atoms with E-state index in [0.29, 0.717) is 0 Å². The van der Waals surface area contributed by atoms with E-state index in [1.54, 1.807) is 0 Å². The smallest absolute Gasteiger partial charge is 0.124 e. The van der Waals surface area contributed by atoms with Crippen LogP contribution < -0.4 is 10.1 Å². The molecule has 3 heteroatoms. The van der Waals surface area contributed by atoms with E-state index in [1.165, 1.54) is 0 Å². The molecule has 2 rings (SSSR count). The zero-order valence-corrected chi connectivity index (χ0v) is 13.6. The van der Waals surface area contributed by atoms with Crippen LogP contribution in [0.5, 0.6) is 5.75 Å². The van der Waals surface area contributed by atoms with Gasteiger partial charge in [-0.05, 0) is 43.7 Å². The third-order valence-corrected chi connectivity index (χ3v) is 3.77. The van der Waals surface area contributed by atoms with Gasteiger partial charge in [0.2, 0.25) is 0 Å². The zero-order valence-electron chi connectivity index (χ0n) is 12.8. The lowest BCUT2D eigenvalue weighted by atomic mass is 9.97. The van der Waals surface area contributed by atoms with Crippen molar-refractivity contribution in [2.75, 3.05) is 13.7 Å². The van der Waals surface area contributed by atoms with Gasteiger partial charge in [-0.3, -0.25) is 0 Å². The van der Waals surface area contributed by atoms with Gasteiger partial charge in [0.15, 0.2) is 0 Å². The summed E-state index contributed by atoms with van der Waals surface area (Å²) in [6, 6.07) is 14.3. The minimum atomic E-state index is 0.0196. The van der Waals surface area contributed by atoms with Gasteiger partial charge in [0.25, 0.3) is 0 Å². The van der Waals surface area contributed by atoms with E-state index in [4.69, 9.17) is 16.3 Å². The molecule has 1 unspecified atom stereocenters. The summed E-state index contributed by atoms with van der Waals surface area (Å²) in [5, 5.41) is 4.12. The lowest BCUT2D eigenvalue weighted by molar-refractivity contribution is 0.312. The fourth-order valence-corrected chi connectivity index (χ4v) is 2.75. The summed E-state index contributed by atoms with van der Waals surface area (Å²) in [4.78, 5) is 0. The number of aryl methyl sites for hydroxylation is 1. The Kier molecular flexibility index (Phi) is 5.66. The molecule has 1 atom stereocenters. The quantitative estimate of drug-likeness (QED) is 0.832. The summed E-state index contributed by atoms with van der Waals surface area (Å²) in [7, 11) is 1.94. The van der Waals surface area contributed by atoms with Gasteiger partial charge in [-0.25, -0.2) is 0 Å². The number of halogens is 1. The summed E-state index contributed by atoms with van der Waals surface area (Å²) < 4.78 is 5.87. The molecule has 0 saturated carbocycles. The molecule has 0 bridgehead atoms. The molecular formula is C18H22ClNO. The number of benzene rings is 2. The second-order valence-corrected chi connectivity index (χ2v) is 5.54. The van der Waals surface area contributed by atoms with Gasteiger partial charge in [0.05, 0.1) is 12.6 Å². The summed E-state index contributed by atoms with van der Waals surface area (Å²) in [5.74, 6) is 0.912. The number of ether oxygens (including phenoxy) is 1. The molecule has 0 heterocycles. The van der Waals surface area contributed by atoms with E-state index < -0.39 is 0 Å². The number of nitrogens with one attached hydrogen (secondary N) is 1. The number of para-hydroxylation sites is 1. The van der Waals surface area contributed by atoms with Gasteiger partial charge < -0.3 is 10.1 Å². The highest BCUT2D eigenvalue weighted by Crippen LogP contribution is 2.33. The highest BCUT2D eigenvalue weighted by atomic mass is 35.5. The SMILES string of the molecule is CCCOc1ccccc1C(NC)c1ccc(C)cc1Cl. The van der Waals surface area contributed by atoms with Crippen LogP contribution in [-0.4, -0.2) is 13.7 Å². The van der Waals surface area contributed by atoms with Crippen molar-refractivity contribution in [3.8, 4) is 5.75 Å². The third-order valence-electron chi connectivity index (χ3n) is 3.45. The molecule has 0 aliphatic carbocycles. The fraction of sp³-hybridized carbons (Fsp3) is 0.333. The third kappa shape index (κ3) is 3.78. The predicted molar refractivity (Wildman–Crippen MR) is 89.3 cm³/mol. The average molecular weight is 304 g/mol. The Morgan fingerprint density at radius 2 is 1.90 bits per heavy atom. The molecule has 0 amide bonds. The first kappa shape index (κ1) is 15.9. The molecular weight excluding hydrogens is 282 g/mol. The second kappa shape index (κ2) is 7.48. The molecule has 0 aliphatic rings. The van der Waals surface area contributed by atoms with E-state index in [0.717, 1.165) is 40.5 Å². The molecule has 112 valence electrons. The van der Waals surface area contributed by atoms with Gasteiger partial charge in [0.1, 0.15) is 5.75 Å². The summed E-state index contributed by atoms with van der Waals surface area (Å²) >= 11 is 6.43. The van der Waals surface area contributed by atoms with Crippen LogP contribution >= 0.6 is 11.6 Å². The van der Waals surface area contributed by atoms with Gasteiger partial charge in [-0.15, -0.1) is 0 Å². The van der Waals surface area contributed by atoms with Crippen LogP contribution in [0, 0.1) is 6.92 Å². The van der Waals surface area contributed by atoms with Crippen LogP contribution in [0.15, 0.2) is 42.5 Å². The topological polar surface area (TPSA) is 21.3 Å². The van der Waals surface area contributed by atoms with E-state index in [9.17, 15) is 0 Å². The van der Waals surface area contributed by atoms with Crippen LogP contribution in [-0.2, 0) is 0 Å². The van der Waals surface area contributed by atoms with Crippen molar-refractivity contribution in [2.24, 2.45) is 0 Å². The Labute approximate surface area is 132 Å². The van der Waals surface area contributed by atoms with Crippen molar-refractivity contribution >= 4 is 11.6 Å². The molecule has 2 aromatic rings. The first-order valence-corrected chi connectivity index (χ1v) is 7.70. The van der Waals surface area contributed by atoms with Crippen molar-refractivity contribution in [2.45, 2.75) is 26.3 Å². The Morgan fingerprint density at radius 1 is 1.14 bits per heavy atom. The molecule has 0 aliphatic heterocycles. The molecule has 21 heavy (non-hydrogen) atoms. The highest BCUT2D eigenvalue weighted by Gasteiger charge is 2.18. The Balaban J connectivity index is 2.41. The van der Waals surface area contributed by atoms with Crippen LogP contribution in [0.25, 0.3) is 0 Å². The second-order valence-electron chi connectivity index (χ2n) is 5.13. The Morgan fingerprint density at radius 3 is 2.57 bits per heavy atom. The van der Waals surface area contributed by atoms with E-state index in [1.807, 2.05) is 38.2 Å². The first-order valence-electron chi connectivity index (χ1n) is 7.32. The fourth-order valence-electron chi connectivity index (χ4n) is 2.41. The van der Waals surface area contributed by atoms with Gasteiger partial charge >= 0.3 is 0 Å². The van der Waals surface area contributed by atoms with E-state index in [2.05, 4.69) is 30.4 Å². The highest BCUT2D eigenvalue weighted by molar-refractivity contribution is 6.31. The van der Waals surface area contributed by atoms with Crippen LogP contribution in [0.2, 0.25) is 5.02 Å². The monoisotopic (exact) mass is 303 g/mol. The lowest BCUT2D eigenvalue weighted by Crippen LogP contribution is -2.19. The first-order chi connectivity index (χ1) is 10.2. The normalized spacial score (nSPS) is 12.2. The molecule has 2 aromatic carbocycles. The minimum Gasteiger partial charge on any atom is -0.493 e. The van der Waals surface area contributed by atoms with Crippen molar-refractivity contribution in [1.82, 2.24) is 5.32 Å². The summed E-state index contributed by atoms with van der Waals surface area (Å²) in [6.45, 7) is 4.87. The van der Waals surface area contributed by atoms with Crippen molar-refractivity contribution in [1.29, 1.82) is 0 Å².